The summed E-state index contributed by atoms with van der Waals surface area (Å²) in [4.78, 5) is 2.54. The molecule has 348 valence electrons. The van der Waals surface area contributed by atoms with Crippen molar-refractivity contribution in [3.8, 4) is 27.9 Å². The second-order valence-corrected chi connectivity index (χ2v) is 23.9. The van der Waals surface area contributed by atoms with Crippen LogP contribution in [-0.4, -0.2) is 4.57 Å². The van der Waals surface area contributed by atoms with E-state index in [9.17, 15) is 0 Å². The van der Waals surface area contributed by atoms with Gasteiger partial charge in [0.1, 0.15) is 0 Å². The molecule has 0 fully saturated rings. The lowest BCUT2D eigenvalue weighted by Gasteiger charge is -2.32. The van der Waals surface area contributed by atoms with Gasteiger partial charge in [0.2, 0.25) is 0 Å². The first-order chi connectivity index (χ1) is 33.2. The van der Waals surface area contributed by atoms with E-state index in [4.69, 9.17) is 0 Å². The van der Waals surface area contributed by atoms with E-state index >= 15 is 0 Å². The summed E-state index contributed by atoms with van der Waals surface area (Å²) in [5.74, 6) is 0. The fourth-order valence-corrected chi connectivity index (χ4v) is 10.8. The largest absolute Gasteiger partial charge is 0.309 e. The van der Waals surface area contributed by atoms with Crippen LogP contribution in [0.5, 0.6) is 0 Å². The topological polar surface area (TPSA) is 8.17 Å². The Kier molecular flexibility index (Phi) is 10.5. The number of aromatic nitrogens is 1. The van der Waals surface area contributed by atoms with E-state index in [0.29, 0.717) is 0 Å². The molecule has 0 bridgehead atoms. The Morgan fingerprint density at radius 3 is 1.36 bits per heavy atom. The van der Waals surface area contributed by atoms with E-state index < -0.39 is 0 Å². The van der Waals surface area contributed by atoms with Gasteiger partial charge in [-0.3, -0.25) is 0 Å². The van der Waals surface area contributed by atoms with Crippen LogP contribution in [0.4, 0.5) is 17.1 Å². The molecule has 10 aromatic carbocycles. The minimum absolute atomic E-state index is 0.0263. The highest BCUT2D eigenvalue weighted by atomic mass is 15.1. The van der Waals surface area contributed by atoms with Gasteiger partial charge >= 0.3 is 0 Å². The Bertz CT molecular complexity index is 3690. The maximum Gasteiger partial charge on any atom is 0.0543 e. The van der Waals surface area contributed by atoms with E-state index in [1.807, 2.05) is 0 Å². The monoisotopic (exact) mass is 911 g/mol. The molecule has 2 heteroatoms. The van der Waals surface area contributed by atoms with Gasteiger partial charge in [0.05, 0.1) is 28.1 Å². The Morgan fingerprint density at radius 2 is 0.786 bits per heavy atom. The van der Waals surface area contributed by atoms with Gasteiger partial charge in [-0.25, -0.2) is 0 Å². The lowest BCUT2D eigenvalue weighted by molar-refractivity contribution is 0.590. The van der Waals surface area contributed by atoms with Crippen LogP contribution in [0.2, 0.25) is 0 Å². The van der Waals surface area contributed by atoms with Crippen LogP contribution in [0.15, 0.2) is 182 Å². The van der Waals surface area contributed by atoms with Crippen molar-refractivity contribution in [2.45, 2.75) is 105 Å². The molecule has 2 nitrogen and oxygen atoms in total. The first-order valence-corrected chi connectivity index (χ1v) is 25.3. The van der Waals surface area contributed by atoms with Crippen LogP contribution in [0, 0.1) is 0 Å². The maximum atomic E-state index is 2.54. The van der Waals surface area contributed by atoms with Crippen LogP contribution >= 0.6 is 0 Å². The molecule has 70 heavy (non-hydrogen) atoms. The molecular formula is C68H66N2. The second kappa shape index (κ2) is 16.2. The van der Waals surface area contributed by atoms with Crippen molar-refractivity contribution in [1.82, 2.24) is 4.57 Å². The fourth-order valence-electron chi connectivity index (χ4n) is 10.8. The SMILES string of the molecule is CC(C)(C)c1ccc(-c2ccc(C(C)(C)C)cc2N(c2ccc(-c3ccccc3)cc2)c2ccc3ccc4c(-n5c6ccc(C(C)(C)C)cc6c6cc(C(C)(C)C)ccc65)ccc5ccc2c3c54)cc1. The predicted octanol–water partition coefficient (Wildman–Crippen LogP) is 19.7. The zero-order valence-corrected chi connectivity index (χ0v) is 43.2. The number of hydrogen-bond acceptors (Lipinski definition) is 1. The van der Waals surface area contributed by atoms with Crippen LogP contribution in [0.1, 0.15) is 105 Å². The Morgan fingerprint density at radius 1 is 0.329 bits per heavy atom. The summed E-state index contributed by atoms with van der Waals surface area (Å²) in [7, 11) is 0. The summed E-state index contributed by atoms with van der Waals surface area (Å²) in [5, 5.41) is 10.1. The zero-order chi connectivity index (χ0) is 49.1. The molecule has 0 spiro atoms. The van der Waals surface area contributed by atoms with E-state index in [-0.39, 0.29) is 21.7 Å². The molecule has 11 aromatic rings. The van der Waals surface area contributed by atoms with Crippen LogP contribution in [-0.2, 0) is 21.7 Å². The molecule has 0 radical (unpaired) electrons. The molecule has 0 atom stereocenters. The lowest BCUT2D eigenvalue weighted by atomic mass is 9.84. The summed E-state index contributed by atoms with van der Waals surface area (Å²) < 4.78 is 2.53. The molecule has 0 aliphatic carbocycles. The van der Waals surface area contributed by atoms with Crippen molar-refractivity contribution in [3.63, 3.8) is 0 Å². The normalized spacial score (nSPS) is 12.9. The standard InChI is InChI=1S/C68H66N2/c1-65(2,3)48-26-18-45(19-27-48)53-35-28-51(68(10,11)12)42-62(53)69(52-31-20-44(21-32-52)43-16-14-13-15-17-43)58-36-24-46-23-34-55-59(37-25-47-22-33-54(58)63(46)64(47)55)70-60-38-29-49(66(4,5)6)40-56(60)57-41-50(67(7,8)9)30-39-61(57)70/h13-42H,1-12H3. The third-order valence-corrected chi connectivity index (χ3v) is 15.0. The minimum atomic E-state index is -0.0687. The molecule has 0 unspecified atom stereocenters. The van der Waals surface area contributed by atoms with Gasteiger partial charge in [0.15, 0.2) is 0 Å². The van der Waals surface area contributed by atoms with Crippen LogP contribution in [0.25, 0.3) is 82.1 Å². The first kappa shape index (κ1) is 45.3. The minimum Gasteiger partial charge on any atom is -0.309 e. The van der Waals surface area contributed by atoms with Crippen molar-refractivity contribution in [2.24, 2.45) is 0 Å². The summed E-state index contributed by atoms with van der Waals surface area (Å²) in [6.45, 7) is 27.7. The number of hydrogen-bond donors (Lipinski definition) is 0. The molecule has 1 heterocycles. The summed E-state index contributed by atoms with van der Waals surface area (Å²) >= 11 is 0. The zero-order valence-electron chi connectivity index (χ0n) is 43.2. The van der Waals surface area contributed by atoms with E-state index in [1.54, 1.807) is 0 Å². The van der Waals surface area contributed by atoms with Crippen molar-refractivity contribution in [3.05, 3.63) is 204 Å². The second-order valence-electron chi connectivity index (χ2n) is 23.9. The molecule has 0 aliphatic heterocycles. The van der Waals surface area contributed by atoms with Gasteiger partial charge in [-0.1, -0.05) is 210 Å². The number of nitrogens with zero attached hydrogens (tertiary/aromatic N) is 2. The highest BCUT2D eigenvalue weighted by Crippen LogP contribution is 2.49. The number of benzene rings is 10. The molecular weight excluding hydrogens is 845 g/mol. The smallest absolute Gasteiger partial charge is 0.0543 e. The third kappa shape index (κ3) is 7.73. The average Bonchev–Trinajstić information content (AvgIpc) is 3.66. The van der Waals surface area contributed by atoms with Crippen molar-refractivity contribution in [1.29, 1.82) is 0 Å². The Labute approximate surface area is 415 Å². The number of fused-ring (bicyclic) bond motifs is 3. The lowest BCUT2D eigenvalue weighted by Crippen LogP contribution is -2.16. The van der Waals surface area contributed by atoms with Gasteiger partial charge in [0, 0.05) is 32.8 Å². The molecule has 0 saturated heterocycles. The molecule has 0 aliphatic rings. The summed E-state index contributed by atoms with van der Waals surface area (Å²) in [6, 6.07) is 69.5. The average molecular weight is 911 g/mol. The van der Waals surface area contributed by atoms with Gasteiger partial charge in [-0.05, 0) is 137 Å². The van der Waals surface area contributed by atoms with Crippen LogP contribution in [0.3, 0.4) is 0 Å². The summed E-state index contributed by atoms with van der Waals surface area (Å²) in [5.41, 5.74) is 17.3. The molecule has 11 rings (SSSR count). The Balaban J connectivity index is 1.18. The predicted molar refractivity (Wildman–Crippen MR) is 305 cm³/mol. The van der Waals surface area contributed by atoms with Crippen molar-refractivity contribution in [2.75, 3.05) is 4.90 Å². The fraction of sp³-hybridized carbons (Fsp3) is 0.235. The molecule has 0 amide bonds. The van der Waals surface area contributed by atoms with E-state index in [1.165, 1.54) is 104 Å². The number of anilines is 3. The van der Waals surface area contributed by atoms with Gasteiger partial charge in [0.25, 0.3) is 0 Å². The number of rotatable bonds is 6. The van der Waals surface area contributed by atoms with Gasteiger partial charge in [-0.2, -0.15) is 0 Å². The quantitative estimate of drug-likeness (QED) is 0.151. The third-order valence-electron chi connectivity index (χ3n) is 15.0. The molecule has 0 saturated carbocycles. The highest BCUT2D eigenvalue weighted by molar-refractivity contribution is 6.27. The Hall–Kier alpha value is -7.16. The van der Waals surface area contributed by atoms with Gasteiger partial charge < -0.3 is 9.47 Å². The first-order valence-electron chi connectivity index (χ1n) is 25.3. The van der Waals surface area contributed by atoms with Gasteiger partial charge in [-0.15, -0.1) is 0 Å². The van der Waals surface area contributed by atoms with Crippen molar-refractivity contribution >= 4 is 71.2 Å². The van der Waals surface area contributed by atoms with E-state index in [2.05, 4.69) is 275 Å². The maximum absolute atomic E-state index is 2.54. The van der Waals surface area contributed by atoms with E-state index in [0.717, 1.165) is 17.1 Å². The highest BCUT2D eigenvalue weighted by Gasteiger charge is 2.27. The van der Waals surface area contributed by atoms with Crippen molar-refractivity contribution < 1.29 is 0 Å². The summed E-state index contributed by atoms with van der Waals surface area (Å²) in [6.07, 6.45) is 0. The molecule has 0 N–H and O–H groups in total. The molecule has 1 aromatic heterocycles. The van der Waals surface area contributed by atoms with Crippen LogP contribution < -0.4 is 4.90 Å².